The van der Waals surface area contributed by atoms with Crippen molar-refractivity contribution in [3.05, 3.63) is 12.7 Å². The number of carbonyl (C=O) groups excluding carboxylic acids is 1. The Morgan fingerprint density at radius 2 is 2.50 bits per heavy atom. The third kappa shape index (κ3) is 4.16. The quantitative estimate of drug-likeness (QED) is 0.385. The largest absolute Gasteiger partial charge is 0.445 e. The predicted molar refractivity (Wildman–Crippen MR) is 42.5 cm³/mol. The van der Waals surface area contributed by atoms with Gasteiger partial charge in [-0.1, -0.05) is 6.58 Å². The zero-order valence-corrected chi connectivity index (χ0v) is 7.14. The Morgan fingerprint density at radius 1 is 1.90 bits per heavy atom. The van der Waals surface area contributed by atoms with E-state index in [9.17, 15) is 4.79 Å². The van der Waals surface area contributed by atoms with Crippen molar-refractivity contribution in [3.63, 3.8) is 0 Å². The van der Waals surface area contributed by atoms with E-state index in [1.54, 1.807) is 0 Å². The number of hydrogen-bond acceptors (Lipinski definition) is 2. The molecule has 0 N–H and O–H groups in total. The molecular weight excluding hydrogens is 196 g/mol. The Bertz CT molecular complexity index is 188. The summed E-state index contributed by atoms with van der Waals surface area (Å²) < 4.78 is 4.68. The van der Waals surface area contributed by atoms with Crippen LogP contribution in [-0.2, 0) is 9.53 Å². The lowest BCUT2D eigenvalue weighted by atomic mass is 10.4. The molecule has 0 saturated heterocycles. The van der Waals surface area contributed by atoms with Crippen LogP contribution in [0.25, 0.3) is 0 Å². The first-order valence-corrected chi connectivity index (χ1v) is 3.41. The topological polar surface area (TPSA) is 26.3 Å². The van der Waals surface area contributed by atoms with Crippen LogP contribution < -0.4 is 0 Å². The predicted octanol–water partition coefficient (Wildman–Crippen LogP) is 1.46. The van der Waals surface area contributed by atoms with E-state index in [1.807, 2.05) is 0 Å². The molecule has 0 unspecified atom stereocenters. The first-order chi connectivity index (χ1) is 4.70. The van der Waals surface area contributed by atoms with Gasteiger partial charge in [0.15, 0.2) is 6.10 Å². The SMILES string of the molecule is C=C[C@H](C#CBr)OC(C)=O. The molecule has 3 heteroatoms. The van der Waals surface area contributed by atoms with Gasteiger partial charge in [0.1, 0.15) is 0 Å². The Hall–Kier alpha value is -0.750. The summed E-state index contributed by atoms with van der Waals surface area (Å²) in [6, 6.07) is 0. The van der Waals surface area contributed by atoms with Gasteiger partial charge in [0, 0.05) is 22.9 Å². The number of esters is 1. The van der Waals surface area contributed by atoms with Gasteiger partial charge in [-0.2, -0.15) is 0 Å². The van der Waals surface area contributed by atoms with Crippen LogP contribution in [0.5, 0.6) is 0 Å². The second-order valence-corrected chi connectivity index (χ2v) is 1.90. The van der Waals surface area contributed by atoms with Crippen molar-refractivity contribution < 1.29 is 9.53 Å². The van der Waals surface area contributed by atoms with Crippen LogP contribution in [-0.4, -0.2) is 12.1 Å². The van der Waals surface area contributed by atoms with Crippen molar-refractivity contribution in [2.45, 2.75) is 13.0 Å². The fourth-order valence-corrected chi connectivity index (χ4v) is 0.595. The van der Waals surface area contributed by atoms with E-state index >= 15 is 0 Å². The van der Waals surface area contributed by atoms with Gasteiger partial charge >= 0.3 is 5.97 Å². The number of carbonyl (C=O) groups is 1. The van der Waals surface area contributed by atoms with E-state index in [1.165, 1.54) is 13.0 Å². The lowest BCUT2D eigenvalue weighted by molar-refractivity contribution is -0.142. The van der Waals surface area contributed by atoms with Crippen LogP contribution in [0.4, 0.5) is 0 Å². The van der Waals surface area contributed by atoms with Gasteiger partial charge in [-0.15, -0.1) is 0 Å². The number of hydrogen-bond donors (Lipinski definition) is 0. The van der Waals surface area contributed by atoms with E-state index < -0.39 is 6.10 Å². The molecule has 0 bridgehead atoms. The maximum Gasteiger partial charge on any atom is 0.304 e. The molecule has 0 rings (SSSR count). The molecule has 0 aromatic carbocycles. The van der Waals surface area contributed by atoms with E-state index in [0.29, 0.717) is 0 Å². The minimum absolute atomic E-state index is 0.361. The van der Waals surface area contributed by atoms with Crippen molar-refractivity contribution in [2.75, 3.05) is 0 Å². The molecule has 0 heterocycles. The van der Waals surface area contributed by atoms with Gasteiger partial charge < -0.3 is 4.74 Å². The minimum Gasteiger partial charge on any atom is -0.445 e. The monoisotopic (exact) mass is 202 g/mol. The van der Waals surface area contributed by atoms with Crippen molar-refractivity contribution >= 4 is 21.9 Å². The summed E-state index contributed by atoms with van der Waals surface area (Å²) >= 11 is 2.88. The van der Waals surface area contributed by atoms with E-state index in [2.05, 4.69) is 38.0 Å². The van der Waals surface area contributed by atoms with Gasteiger partial charge in [-0.3, -0.25) is 4.79 Å². The molecule has 0 aliphatic rings. The Kier molecular flexibility index (Phi) is 4.69. The van der Waals surface area contributed by atoms with Crippen LogP contribution in [0, 0.1) is 10.8 Å². The van der Waals surface area contributed by atoms with Gasteiger partial charge in [0.25, 0.3) is 0 Å². The summed E-state index contributed by atoms with van der Waals surface area (Å²) in [5, 5.41) is 0. The first kappa shape index (κ1) is 9.25. The molecule has 0 amide bonds. The highest BCUT2D eigenvalue weighted by Gasteiger charge is 2.00. The Morgan fingerprint density at radius 3 is 2.80 bits per heavy atom. The first-order valence-electron chi connectivity index (χ1n) is 2.61. The standard InChI is InChI=1S/C7H7BrO2/c1-3-7(4-5-8)10-6(2)9/h3,7H,1H2,2H3/t7-/m1/s1. The van der Waals surface area contributed by atoms with Crippen LogP contribution >= 0.6 is 15.9 Å². The second kappa shape index (κ2) is 5.07. The molecule has 54 valence electrons. The molecule has 0 radical (unpaired) electrons. The van der Waals surface area contributed by atoms with Crippen LogP contribution in [0.1, 0.15) is 6.92 Å². The Labute approximate surface area is 68.4 Å². The summed E-state index contributed by atoms with van der Waals surface area (Å²) in [5.41, 5.74) is 0. The molecule has 0 fully saturated rings. The van der Waals surface area contributed by atoms with Gasteiger partial charge in [0.2, 0.25) is 0 Å². The fraction of sp³-hybridized carbons (Fsp3) is 0.286. The van der Waals surface area contributed by atoms with Gasteiger partial charge in [-0.25, -0.2) is 0 Å². The Balaban J connectivity index is 3.91. The molecule has 2 nitrogen and oxygen atoms in total. The van der Waals surface area contributed by atoms with E-state index in [-0.39, 0.29) is 5.97 Å². The molecule has 0 aromatic heterocycles. The van der Waals surface area contributed by atoms with Crippen LogP contribution in [0.15, 0.2) is 12.7 Å². The summed E-state index contributed by atoms with van der Waals surface area (Å²) in [6.07, 6.45) is 0.951. The highest BCUT2D eigenvalue weighted by atomic mass is 79.9. The summed E-state index contributed by atoms with van der Waals surface area (Å²) in [5.74, 6) is 2.21. The van der Waals surface area contributed by atoms with Crippen molar-refractivity contribution in [3.8, 4) is 10.8 Å². The third-order valence-corrected chi connectivity index (χ3v) is 0.933. The van der Waals surface area contributed by atoms with Crippen molar-refractivity contribution in [2.24, 2.45) is 0 Å². The lowest BCUT2D eigenvalue weighted by Gasteiger charge is -2.03. The van der Waals surface area contributed by atoms with E-state index in [4.69, 9.17) is 0 Å². The molecule has 0 spiro atoms. The number of halogens is 1. The maximum atomic E-state index is 10.3. The number of rotatable bonds is 2. The molecular formula is C7H7BrO2. The summed E-state index contributed by atoms with van der Waals surface area (Å²) in [6.45, 7) is 4.76. The average Bonchev–Trinajstić information content (AvgIpc) is 1.86. The smallest absolute Gasteiger partial charge is 0.304 e. The summed E-state index contributed by atoms with van der Waals surface area (Å²) in [7, 11) is 0. The normalized spacial score (nSPS) is 10.6. The van der Waals surface area contributed by atoms with Gasteiger partial charge in [0.05, 0.1) is 0 Å². The zero-order valence-electron chi connectivity index (χ0n) is 5.56. The third-order valence-electron chi connectivity index (χ3n) is 0.704. The molecule has 0 aromatic rings. The maximum absolute atomic E-state index is 10.3. The lowest BCUT2D eigenvalue weighted by Crippen LogP contribution is -2.10. The molecule has 0 saturated carbocycles. The van der Waals surface area contributed by atoms with E-state index in [0.717, 1.165) is 0 Å². The zero-order chi connectivity index (χ0) is 7.98. The van der Waals surface area contributed by atoms with Gasteiger partial charge in [-0.05, 0) is 16.8 Å². The second-order valence-electron chi connectivity index (χ2n) is 1.50. The van der Waals surface area contributed by atoms with Crippen molar-refractivity contribution in [1.82, 2.24) is 0 Å². The summed E-state index contributed by atoms with van der Waals surface area (Å²) in [4.78, 5) is 12.8. The van der Waals surface area contributed by atoms with Crippen LogP contribution in [0.3, 0.4) is 0 Å². The van der Waals surface area contributed by atoms with Crippen LogP contribution in [0.2, 0.25) is 0 Å². The highest BCUT2D eigenvalue weighted by Crippen LogP contribution is 1.92. The average molecular weight is 203 g/mol. The van der Waals surface area contributed by atoms with Crippen molar-refractivity contribution in [1.29, 1.82) is 0 Å². The molecule has 0 aliphatic heterocycles. The molecule has 0 aliphatic carbocycles. The number of ether oxygens (including phenoxy) is 1. The molecule has 10 heavy (non-hydrogen) atoms. The molecule has 1 atom stereocenters. The minimum atomic E-state index is -0.503. The fourth-order valence-electron chi connectivity index (χ4n) is 0.369. The highest BCUT2D eigenvalue weighted by molar-refractivity contribution is 9.12.